The van der Waals surface area contributed by atoms with Crippen molar-refractivity contribution in [1.29, 1.82) is 0 Å². The second kappa shape index (κ2) is 8.64. The van der Waals surface area contributed by atoms with Crippen LogP contribution < -0.4 is 16.0 Å². The van der Waals surface area contributed by atoms with Crippen molar-refractivity contribution in [2.24, 2.45) is 0 Å². The van der Waals surface area contributed by atoms with E-state index in [9.17, 15) is 0 Å². The van der Waals surface area contributed by atoms with E-state index < -0.39 is 0 Å². The molecule has 3 nitrogen and oxygen atoms in total. The lowest BCUT2D eigenvalue weighted by Gasteiger charge is -2.12. The van der Waals surface area contributed by atoms with Gasteiger partial charge in [-0.1, -0.05) is 54.6 Å². The molecule has 0 unspecified atom stereocenters. The third-order valence-electron chi connectivity index (χ3n) is 5.14. The van der Waals surface area contributed by atoms with Crippen molar-refractivity contribution in [3.63, 3.8) is 0 Å². The van der Waals surface area contributed by atoms with Crippen LogP contribution in [0.2, 0.25) is 0 Å². The fourth-order valence-corrected chi connectivity index (χ4v) is 3.60. The van der Waals surface area contributed by atoms with Crippen LogP contribution in [0.4, 0.5) is 34.1 Å². The molecular weight excluding hydrogens is 378 g/mol. The summed E-state index contributed by atoms with van der Waals surface area (Å²) in [4.78, 5) is 0. The van der Waals surface area contributed by atoms with Gasteiger partial charge in [-0.25, -0.2) is 0 Å². The highest BCUT2D eigenvalue weighted by molar-refractivity contribution is 5.86. The van der Waals surface area contributed by atoms with Crippen molar-refractivity contribution < 1.29 is 0 Å². The molecule has 3 N–H and O–H groups in total. The molecule has 0 saturated heterocycles. The zero-order valence-corrected chi connectivity index (χ0v) is 17.0. The second-order valence-electron chi connectivity index (χ2n) is 7.46. The first-order valence-corrected chi connectivity index (χ1v) is 10.4. The van der Waals surface area contributed by atoms with Crippen molar-refractivity contribution in [3.8, 4) is 0 Å². The summed E-state index contributed by atoms with van der Waals surface area (Å²) in [6.45, 7) is 0. The Morgan fingerprint density at radius 2 is 0.742 bits per heavy atom. The number of hydrogen-bond acceptors (Lipinski definition) is 3. The Morgan fingerprint density at radius 3 is 1.45 bits per heavy atom. The predicted molar refractivity (Wildman–Crippen MR) is 133 cm³/mol. The molecule has 5 rings (SSSR count). The topological polar surface area (TPSA) is 36.1 Å². The Morgan fingerprint density at radius 1 is 0.290 bits per heavy atom. The minimum absolute atomic E-state index is 1.04. The van der Waals surface area contributed by atoms with Crippen LogP contribution in [0.1, 0.15) is 0 Å². The second-order valence-corrected chi connectivity index (χ2v) is 7.46. The summed E-state index contributed by atoms with van der Waals surface area (Å²) in [5.74, 6) is 0. The zero-order chi connectivity index (χ0) is 20.9. The van der Waals surface area contributed by atoms with Gasteiger partial charge < -0.3 is 16.0 Å². The third-order valence-corrected chi connectivity index (χ3v) is 5.14. The SMILES string of the molecule is c1ccc(Nc2ccc(Nc3cccc(Nc4ccc5ccccc5c4)c3)cc2)cc1. The van der Waals surface area contributed by atoms with Crippen molar-refractivity contribution in [1.82, 2.24) is 0 Å². The van der Waals surface area contributed by atoms with Crippen LogP contribution >= 0.6 is 0 Å². The van der Waals surface area contributed by atoms with Gasteiger partial charge in [0.1, 0.15) is 0 Å². The zero-order valence-electron chi connectivity index (χ0n) is 17.0. The normalized spacial score (nSPS) is 10.6. The molecule has 0 aliphatic rings. The number of benzene rings is 5. The number of anilines is 6. The largest absolute Gasteiger partial charge is 0.356 e. The van der Waals surface area contributed by atoms with Crippen LogP contribution in [0.15, 0.2) is 121 Å². The molecule has 0 aliphatic carbocycles. The Labute approximate surface area is 182 Å². The quantitative estimate of drug-likeness (QED) is 0.269. The van der Waals surface area contributed by atoms with Gasteiger partial charge in [-0.05, 0) is 77.5 Å². The molecule has 0 aliphatic heterocycles. The fraction of sp³-hybridized carbons (Fsp3) is 0. The van der Waals surface area contributed by atoms with E-state index in [1.807, 2.05) is 18.2 Å². The highest BCUT2D eigenvalue weighted by atomic mass is 14.9. The predicted octanol–water partition coefficient (Wildman–Crippen LogP) is 8.07. The maximum Gasteiger partial charge on any atom is 0.0405 e. The number of nitrogens with one attached hydrogen (secondary N) is 3. The lowest BCUT2D eigenvalue weighted by atomic mass is 10.1. The van der Waals surface area contributed by atoms with Gasteiger partial charge in [0.05, 0.1) is 0 Å². The molecule has 0 bridgehead atoms. The van der Waals surface area contributed by atoms with Crippen LogP contribution in [0.3, 0.4) is 0 Å². The van der Waals surface area contributed by atoms with Gasteiger partial charge in [0, 0.05) is 34.1 Å². The van der Waals surface area contributed by atoms with Gasteiger partial charge >= 0.3 is 0 Å². The Balaban J connectivity index is 1.27. The number of para-hydroxylation sites is 1. The standard InChI is InChI=1S/C28H23N3/c1-2-9-23(10-3-1)29-24-15-17-25(18-16-24)30-26-11-6-12-27(20-26)31-28-14-13-21-7-4-5-8-22(21)19-28/h1-20,29-31H. The van der Waals surface area contributed by atoms with E-state index in [4.69, 9.17) is 0 Å². The highest BCUT2D eigenvalue weighted by Crippen LogP contribution is 2.26. The van der Waals surface area contributed by atoms with E-state index in [0.717, 1.165) is 34.1 Å². The van der Waals surface area contributed by atoms with Crippen LogP contribution in [0, 0.1) is 0 Å². The molecule has 5 aromatic rings. The molecule has 5 aromatic carbocycles. The molecule has 3 heteroatoms. The van der Waals surface area contributed by atoms with E-state index in [1.165, 1.54) is 10.8 Å². The summed E-state index contributed by atoms with van der Waals surface area (Å²) < 4.78 is 0. The van der Waals surface area contributed by atoms with Crippen molar-refractivity contribution in [3.05, 3.63) is 121 Å². The van der Waals surface area contributed by atoms with Crippen LogP contribution in [-0.2, 0) is 0 Å². The molecule has 0 aromatic heterocycles. The molecule has 0 spiro atoms. The van der Waals surface area contributed by atoms with Gasteiger partial charge in [-0.2, -0.15) is 0 Å². The van der Waals surface area contributed by atoms with Gasteiger partial charge in [0.15, 0.2) is 0 Å². The monoisotopic (exact) mass is 401 g/mol. The Kier molecular flexibility index (Phi) is 5.23. The maximum atomic E-state index is 3.51. The van der Waals surface area contributed by atoms with Crippen LogP contribution in [0.25, 0.3) is 10.8 Å². The minimum Gasteiger partial charge on any atom is -0.356 e. The maximum absolute atomic E-state index is 3.51. The van der Waals surface area contributed by atoms with Crippen LogP contribution in [0.5, 0.6) is 0 Å². The van der Waals surface area contributed by atoms with Gasteiger partial charge in [0.2, 0.25) is 0 Å². The highest BCUT2D eigenvalue weighted by Gasteiger charge is 2.01. The fourth-order valence-electron chi connectivity index (χ4n) is 3.60. The summed E-state index contributed by atoms with van der Waals surface area (Å²) in [6.07, 6.45) is 0. The first-order valence-electron chi connectivity index (χ1n) is 10.4. The first-order chi connectivity index (χ1) is 15.3. The van der Waals surface area contributed by atoms with E-state index >= 15 is 0 Å². The molecule has 0 saturated carbocycles. The molecule has 0 heterocycles. The minimum atomic E-state index is 1.04. The molecule has 0 amide bonds. The summed E-state index contributed by atoms with van der Waals surface area (Å²) in [5, 5.41) is 12.9. The Bertz CT molecular complexity index is 1290. The summed E-state index contributed by atoms with van der Waals surface area (Å²) in [7, 11) is 0. The molecule has 0 atom stereocenters. The van der Waals surface area contributed by atoms with Crippen molar-refractivity contribution in [2.75, 3.05) is 16.0 Å². The summed E-state index contributed by atoms with van der Waals surface area (Å²) in [5.41, 5.74) is 6.34. The third kappa shape index (κ3) is 4.68. The molecular formula is C28H23N3. The smallest absolute Gasteiger partial charge is 0.0405 e. The lowest BCUT2D eigenvalue weighted by molar-refractivity contribution is 1.50. The van der Waals surface area contributed by atoms with Crippen molar-refractivity contribution in [2.45, 2.75) is 0 Å². The molecule has 0 fully saturated rings. The molecule has 150 valence electrons. The average Bonchev–Trinajstić information content (AvgIpc) is 2.81. The van der Waals surface area contributed by atoms with Gasteiger partial charge in [0.25, 0.3) is 0 Å². The van der Waals surface area contributed by atoms with Crippen molar-refractivity contribution >= 4 is 44.9 Å². The molecule has 31 heavy (non-hydrogen) atoms. The van der Waals surface area contributed by atoms with E-state index in [1.54, 1.807) is 0 Å². The summed E-state index contributed by atoms with van der Waals surface area (Å²) >= 11 is 0. The van der Waals surface area contributed by atoms with Crippen LogP contribution in [-0.4, -0.2) is 0 Å². The number of fused-ring (bicyclic) bond motifs is 1. The Hall–Kier alpha value is -4.24. The van der Waals surface area contributed by atoms with Gasteiger partial charge in [-0.3, -0.25) is 0 Å². The van der Waals surface area contributed by atoms with E-state index in [0.29, 0.717) is 0 Å². The summed E-state index contributed by atoms with van der Waals surface area (Å²) in [6, 6.07) is 41.6. The van der Waals surface area contributed by atoms with Gasteiger partial charge in [-0.15, -0.1) is 0 Å². The first kappa shape index (κ1) is 18.8. The van der Waals surface area contributed by atoms with E-state index in [2.05, 4.69) is 119 Å². The molecule has 0 radical (unpaired) electrons. The van der Waals surface area contributed by atoms with E-state index in [-0.39, 0.29) is 0 Å². The average molecular weight is 402 g/mol. The number of hydrogen-bond donors (Lipinski definition) is 3. The lowest BCUT2D eigenvalue weighted by Crippen LogP contribution is -1.94. The number of rotatable bonds is 6.